The topological polar surface area (TPSA) is 81.4 Å². The van der Waals surface area contributed by atoms with Crippen molar-refractivity contribution in [3.63, 3.8) is 0 Å². The van der Waals surface area contributed by atoms with Gasteiger partial charge >= 0.3 is 5.97 Å². The molecule has 0 aromatic heterocycles. The maximum atomic E-state index is 13.2. The van der Waals surface area contributed by atoms with Crippen LogP contribution in [-0.2, 0) is 9.53 Å². The van der Waals surface area contributed by atoms with E-state index in [1.165, 1.54) is 19.2 Å². The van der Waals surface area contributed by atoms with Gasteiger partial charge in [0.2, 0.25) is 0 Å². The van der Waals surface area contributed by atoms with Crippen LogP contribution in [-0.4, -0.2) is 25.5 Å². The normalized spacial score (nSPS) is 9.62. The van der Waals surface area contributed by atoms with Crippen molar-refractivity contribution < 1.29 is 18.7 Å². The van der Waals surface area contributed by atoms with Crippen molar-refractivity contribution in [2.75, 3.05) is 19.4 Å². The predicted octanol–water partition coefficient (Wildman–Crippen LogP) is 0.311. The first-order valence-corrected chi connectivity index (χ1v) is 4.47. The highest BCUT2D eigenvalue weighted by molar-refractivity contribution is 5.91. The number of ether oxygens (including phenoxy) is 1. The molecule has 6 heteroatoms. The fourth-order valence-electron chi connectivity index (χ4n) is 0.978. The summed E-state index contributed by atoms with van der Waals surface area (Å²) in [4.78, 5) is 22.1. The van der Waals surface area contributed by atoms with Gasteiger partial charge in [-0.3, -0.25) is 4.79 Å². The van der Waals surface area contributed by atoms with Gasteiger partial charge in [0.05, 0.1) is 5.56 Å². The molecule has 5 nitrogen and oxygen atoms in total. The van der Waals surface area contributed by atoms with E-state index >= 15 is 0 Å². The number of halogens is 1. The SMILES string of the molecule is CNC(=O)COC(=O)c1ccc(N)cc1F. The van der Waals surface area contributed by atoms with E-state index in [4.69, 9.17) is 5.73 Å². The first-order chi connectivity index (χ1) is 7.54. The van der Waals surface area contributed by atoms with Crippen LogP contribution in [0.1, 0.15) is 10.4 Å². The third-order valence-electron chi connectivity index (χ3n) is 1.83. The number of amides is 1. The lowest BCUT2D eigenvalue weighted by atomic mass is 10.2. The lowest BCUT2D eigenvalue weighted by molar-refractivity contribution is -0.123. The molecule has 0 bridgehead atoms. The molecular formula is C10H11FN2O3. The summed E-state index contributed by atoms with van der Waals surface area (Å²) in [6.07, 6.45) is 0. The van der Waals surface area contributed by atoms with E-state index in [2.05, 4.69) is 10.1 Å². The first kappa shape index (κ1) is 12.0. The summed E-state index contributed by atoms with van der Waals surface area (Å²) in [5, 5.41) is 2.27. The number of hydrogen-bond acceptors (Lipinski definition) is 4. The Kier molecular flexibility index (Phi) is 3.82. The number of likely N-dealkylation sites (N-methyl/N-ethyl adjacent to an activating group) is 1. The van der Waals surface area contributed by atoms with Gasteiger partial charge in [-0.1, -0.05) is 0 Å². The quantitative estimate of drug-likeness (QED) is 0.574. The predicted molar refractivity (Wildman–Crippen MR) is 55.2 cm³/mol. The Bertz CT molecular complexity index is 421. The highest BCUT2D eigenvalue weighted by Gasteiger charge is 2.14. The van der Waals surface area contributed by atoms with E-state index in [0.717, 1.165) is 6.07 Å². The van der Waals surface area contributed by atoms with Crippen molar-refractivity contribution in [3.05, 3.63) is 29.6 Å². The average Bonchev–Trinajstić information content (AvgIpc) is 2.25. The molecule has 1 rings (SSSR count). The average molecular weight is 226 g/mol. The van der Waals surface area contributed by atoms with Gasteiger partial charge in [-0.05, 0) is 18.2 Å². The minimum absolute atomic E-state index is 0.209. The Morgan fingerprint density at radius 3 is 2.75 bits per heavy atom. The van der Waals surface area contributed by atoms with Gasteiger partial charge in [-0.25, -0.2) is 9.18 Å². The van der Waals surface area contributed by atoms with Crippen LogP contribution >= 0.6 is 0 Å². The molecule has 0 heterocycles. The zero-order valence-corrected chi connectivity index (χ0v) is 8.62. The van der Waals surface area contributed by atoms with Gasteiger partial charge in [0, 0.05) is 12.7 Å². The number of nitrogen functional groups attached to an aromatic ring is 1. The number of rotatable bonds is 3. The molecule has 3 N–H and O–H groups in total. The maximum Gasteiger partial charge on any atom is 0.341 e. The zero-order chi connectivity index (χ0) is 12.1. The largest absolute Gasteiger partial charge is 0.452 e. The summed E-state index contributed by atoms with van der Waals surface area (Å²) < 4.78 is 17.8. The highest BCUT2D eigenvalue weighted by atomic mass is 19.1. The van der Waals surface area contributed by atoms with E-state index in [1.54, 1.807) is 0 Å². The number of nitrogens with one attached hydrogen (secondary N) is 1. The molecular weight excluding hydrogens is 215 g/mol. The van der Waals surface area contributed by atoms with Crippen LogP contribution in [0.15, 0.2) is 18.2 Å². The standard InChI is InChI=1S/C10H11FN2O3/c1-13-9(14)5-16-10(15)7-3-2-6(12)4-8(7)11/h2-4H,5,12H2,1H3,(H,13,14). The van der Waals surface area contributed by atoms with Crippen LogP contribution in [0.5, 0.6) is 0 Å². The molecule has 86 valence electrons. The van der Waals surface area contributed by atoms with E-state index < -0.39 is 24.3 Å². The van der Waals surface area contributed by atoms with Crippen LogP contribution in [0, 0.1) is 5.82 Å². The molecule has 0 spiro atoms. The molecule has 16 heavy (non-hydrogen) atoms. The number of carbonyl (C=O) groups is 2. The molecule has 0 aliphatic rings. The fraction of sp³-hybridized carbons (Fsp3) is 0.200. The van der Waals surface area contributed by atoms with Gasteiger partial charge in [0.15, 0.2) is 6.61 Å². The molecule has 0 unspecified atom stereocenters. The second-order valence-electron chi connectivity index (χ2n) is 2.99. The number of esters is 1. The number of nitrogens with two attached hydrogens (primary N) is 1. The van der Waals surface area contributed by atoms with Crippen LogP contribution in [0.4, 0.5) is 10.1 Å². The summed E-state index contributed by atoms with van der Waals surface area (Å²) in [6.45, 7) is -0.445. The van der Waals surface area contributed by atoms with Crippen molar-refractivity contribution in [2.24, 2.45) is 0 Å². The molecule has 0 aliphatic heterocycles. The number of benzene rings is 1. The van der Waals surface area contributed by atoms with Crippen LogP contribution < -0.4 is 11.1 Å². The van der Waals surface area contributed by atoms with E-state index in [0.29, 0.717) is 0 Å². The van der Waals surface area contributed by atoms with Gasteiger partial charge in [0.1, 0.15) is 5.82 Å². The van der Waals surface area contributed by atoms with Crippen molar-refractivity contribution in [1.29, 1.82) is 0 Å². The number of hydrogen-bond donors (Lipinski definition) is 2. The van der Waals surface area contributed by atoms with Crippen molar-refractivity contribution in [1.82, 2.24) is 5.32 Å². The third kappa shape index (κ3) is 2.94. The monoisotopic (exact) mass is 226 g/mol. The summed E-state index contributed by atoms with van der Waals surface area (Å²) >= 11 is 0. The molecule has 0 saturated heterocycles. The molecule has 0 atom stereocenters. The number of carbonyl (C=O) groups excluding carboxylic acids is 2. The fourth-order valence-corrected chi connectivity index (χ4v) is 0.978. The molecule has 1 aromatic carbocycles. The maximum absolute atomic E-state index is 13.2. The van der Waals surface area contributed by atoms with Gasteiger partial charge in [-0.15, -0.1) is 0 Å². The van der Waals surface area contributed by atoms with Crippen molar-refractivity contribution >= 4 is 17.6 Å². The molecule has 0 fully saturated rings. The molecule has 0 saturated carbocycles. The Labute approximate surface area is 91.4 Å². The van der Waals surface area contributed by atoms with Crippen LogP contribution in [0.3, 0.4) is 0 Å². The van der Waals surface area contributed by atoms with Crippen LogP contribution in [0.2, 0.25) is 0 Å². The first-order valence-electron chi connectivity index (χ1n) is 4.47. The molecule has 1 aromatic rings. The minimum Gasteiger partial charge on any atom is -0.452 e. The third-order valence-corrected chi connectivity index (χ3v) is 1.83. The van der Waals surface area contributed by atoms with Crippen molar-refractivity contribution in [2.45, 2.75) is 0 Å². The van der Waals surface area contributed by atoms with Gasteiger partial charge in [0.25, 0.3) is 5.91 Å². The van der Waals surface area contributed by atoms with E-state index in [9.17, 15) is 14.0 Å². The van der Waals surface area contributed by atoms with Crippen LogP contribution in [0.25, 0.3) is 0 Å². The molecule has 1 amide bonds. The van der Waals surface area contributed by atoms with E-state index in [1.807, 2.05) is 0 Å². The lowest BCUT2D eigenvalue weighted by Gasteiger charge is -2.05. The van der Waals surface area contributed by atoms with Crippen molar-refractivity contribution in [3.8, 4) is 0 Å². The summed E-state index contributed by atoms with van der Waals surface area (Å²) in [6, 6.07) is 3.59. The second kappa shape index (κ2) is 5.11. The highest BCUT2D eigenvalue weighted by Crippen LogP contribution is 2.12. The van der Waals surface area contributed by atoms with E-state index in [-0.39, 0.29) is 11.3 Å². The Morgan fingerprint density at radius 2 is 2.19 bits per heavy atom. The Morgan fingerprint density at radius 1 is 1.50 bits per heavy atom. The zero-order valence-electron chi connectivity index (χ0n) is 8.62. The number of anilines is 1. The molecule has 0 radical (unpaired) electrons. The summed E-state index contributed by atoms with van der Waals surface area (Å²) in [7, 11) is 1.40. The van der Waals surface area contributed by atoms with Gasteiger partial charge < -0.3 is 15.8 Å². The smallest absolute Gasteiger partial charge is 0.341 e. The van der Waals surface area contributed by atoms with Gasteiger partial charge in [-0.2, -0.15) is 0 Å². The minimum atomic E-state index is -0.902. The Hall–Kier alpha value is -2.11. The summed E-state index contributed by atoms with van der Waals surface area (Å²) in [5.41, 5.74) is 5.27. The molecule has 0 aliphatic carbocycles. The Balaban J connectivity index is 2.70. The lowest BCUT2D eigenvalue weighted by Crippen LogP contribution is -2.25. The second-order valence-corrected chi connectivity index (χ2v) is 2.99. The summed E-state index contributed by atoms with van der Waals surface area (Å²) in [5.74, 6) is -2.15.